The summed E-state index contributed by atoms with van der Waals surface area (Å²) in [6, 6.07) is 53.0. The minimum atomic E-state index is -1.23. The summed E-state index contributed by atoms with van der Waals surface area (Å²) in [6.45, 7) is 25.3. The number of hydrogen-bond acceptors (Lipinski definition) is 1. The predicted octanol–water partition coefficient (Wildman–Crippen LogP) is 16.5. The van der Waals surface area contributed by atoms with E-state index in [2.05, 4.69) is 207 Å². The quantitative estimate of drug-likeness (QED) is 0.139. The minimum Gasteiger partial charge on any atom is -0.392 e. The van der Waals surface area contributed by atoms with Crippen LogP contribution in [0.15, 0.2) is 152 Å². The van der Waals surface area contributed by atoms with Crippen LogP contribution in [-0.4, -0.2) is 4.57 Å². The third kappa shape index (κ3) is 6.34. The van der Waals surface area contributed by atoms with Crippen molar-refractivity contribution in [2.75, 3.05) is 0 Å². The molecule has 4 heteroatoms. The van der Waals surface area contributed by atoms with Crippen molar-refractivity contribution in [3.8, 4) is 78.6 Å². The topological polar surface area (TPSA) is 21.9 Å². The first kappa shape index (κ1) is 40.8. The van der Waals surface area contributed by atoms with Gasteiger partial charge in [0.2, 0.25) is 5.69 Å². The molecule has 1 spiro atoms. The largest absolute Gasteiger partial charge is 0.499 e. The number of nitrogens with zero attached hydrogens (tertiary/aromatic N) is 3. The number of pyridine rings is 1. The van der Waals surface area contributed by atoms with Crippen molar-refractivity contribution in [1.29, 1.82) is 0 Å². The number of fused-ring (bicyclic) bond motifs is 5. The monoisotopic (exact) mass is 919 g/mol. The average Bonchev–Trinajstić information content (AvgIpc) is 3.90. The second kappa shape index (κ2) is 15.7. The number of aryl methyl sites for hydroxylation is 1. The first-order chi connectivity index (χ1) is 34.5. The van der Waals surface area contributed by atoms with Crippen molar-refractivity contribution in [2.24, 2.45) is 0 Å². The van der Waals surface area contributed by atoms with Crippen LogP contribution >= 0.6 is 0 Å². The van der Waals surface area contributed by atoms with Gasteiger partial charge in [-0.3, -0.25) is 0 Å². The standard InChI is InChI=1S/C66H65N3O/c1-38(2)48-33-53(41(7)8)63-56(34-48)64-68(57-29-28-47(32-42(57)9)60-50(39(3)4)20-16-21-51(60)40(5)6)58-23-17-22-52-54-36-49(65(10,11)12)37-55-59-35-46(45-26-24-44(25-27-45)43-18-14-13-15-19-43)30-31-67(59)66(70-63,61(54)55)69(64)62(52)58/h13-41H,1-12H3/q+2/i38D,39D,41D. The number of ether oxygens (including phenoxy) is 1. The van der Waals surface area contributed by atoms with E-state index < -0.39 is 23.5 Å². The Kier molecular flexibility index (Phi) is 9.17. The molecular weight excluding hydrogens is 851 g/mol. The Morgan fingerprint density at radius 1 is 0.571 bits per heavy atom. The Labute approximate surface area is 419 Å². The maximum absolute atomic E-state index is 9.84. The maximum Gasteiger partial charge on any atom is 0.499 e. The Bertz CT molecular complexity index is 3780. The highest BCUT2D eigenvalue weighted by Crippen LogP contribution is 2.56. The first-order valence-electron chi connectivity index (χ1n) is 26.6. The van der Waals surface area contributed by atoms with Crippen LogP contribution in [0.1, 0.15) is 143 Å². The number of benzene rings is 7. The summed E-state index contributed by atoms with van der Waals surface area (Å²) in [5.74, 6) is -2.24. The third-order valence-electron chi connectivity index (χ3n) is 15.4. The molecule has 1 unspecified atom stereocenters. The van der Waals surface area contributed by atoms with Crippen LogP contribution in [0.3, 0.4) is 0 Å². The van der Waals surface area contributed by atoms with Crippen molar-refractivity contribution in [2.45, 2.75) is 118 Å². The zero-order chi connectivity index (χ0) is 51.5. The van der Waals surface area contributed by atoms with Gasteiger partial charge in [0.1, 0.15) is 16.8 Å². The van der Waals surface area contributed by atoms with E-state index in [-0.39, 0.29) is 11.3 Å². The second-order valence-electron chi connectivity index (χ2n) is 22.0. The van der Waals surface area contributed by atoms with E-state index in [0.717, 1.165) is 101 Å². The molecule has 1 atom stereocenters. The Morgan fingerprint density at radius 3 is 1.90 bits per heavy atom. The summed E-state index contributed by atoms with van der Waals surface area (Å²) in [5.41, 5.74) is 22.3. The predicted molar refractivity (Wildman–Crippen MR) is 289 cm³/mol. The lowest BCUT2D eigenvalue weighted by Crippen LogP contribution is -2.78. The summed E-state index contributed by atoms with van der Waals surface area (Å²) < 4.78 is 43.9. The third-order valence-corrected chi connectivity index (χ3v) is 15.4. The van der Waals surface area contributed by atoms with E-state index in [4.69, 9.17) is 4.74 Å². The number of rotatable bonds is 8. The lowest BCUT2D eigenvalue weighted by Gasteiger charge is -2.34. The maximum atomic E-state index is 9.84. The summed E-state index contributed by atoms with van der Waals surface area (Å²) >= 11 is 0. The molecule has 4 nitrogen and oxygen atoms in total. The van der Waals surface area contributed by atoms with Crippen LogP contribution in [0.4, 0.5) is 0 Å². The Balaban J connectivity index is 1.19. The van der Waals surface area contributed by atoms with Crippen LogP contribution in [0, 0.1) is 6.92 Å². The van der Waals surface area contributed by atoms with E-state index in [1.54, 1.807) is 0 Å². The van der Waals surface area contributed by atoms with Gasteiger partial charge in [0, 0.05) is 27.4 Å². The molecule has 0 N–H and O–H groups in total. The van der Waals surface area contributed by atoms with E-state index >= 15 is 0 Å². The second-order valence-corrected chi connectivity index (χ2v) is 22.0. The van der Waals surface area contributed by atoms with Gasteiger partial charge in [-0.05, 0) is 145 Å². The number of para-hydroxylation sites is 1. The van der Waals surface area contributed by atoms with E-state index in [1.807, 2.05) is 41.5 Å². The van der Waals surface area contributed by atoms with Crippen molar-refractivity contribution < 1.29 is 18.0 Å². The number of aromatic nitrogens is 3. The molecule has 70 heavy (non-hydrogen) atoms. The summed E-state index contributed by atoms with van der Waals surface area (Å²) in [6.07, 6.45) is 2.22. The molecule has 0 radical (unpaired) electrons. The average molecular weight is 919 g/mol. The molecule has 0 amide bonds. The fourth-order valence-electron chi connectivity index (χ4n) is 11.8. The zero-order valence-electron chi connectivity index (χ0n) is 45.8. The summed E-state index contributed by atoms with van der Waals surface area (Å²) in [7, 11) is 0. The molecule has 3 aliphatic heterocycles. The molecule has 0 fully saturated rings. The van der Waals surface area contributed by atoms with Crippen molar-refractivity contribution >= 4 is 11.0 Å². The fraction of sp³-hybridized carbons (Fsp3) is 0.273. The highest BCUT2D eigenvalue weighted by molar-refractivity contribution is 5.98. The van der Waals surface area contributed by atoms with Gasteiger partial charge in [0.15, 0.2) is 23.0 Å². The highest BCUT2D eigenvalue weighted by atomic mass is 16.5. The summed E-state index contributed by atoms with van der Waals surface area (Å²) in [5, 5.41) is 0. The highest BCUT2D eigenvalue weighted by Gasteiger charge is 2.69. The van der Waals surface area contributed by atoms with Crippen molar-refractivity contribution in [3.05, 3.63) is 191 Å². The van der Waals surface area contributed by atoms with Gasteiger partial charge in [0.25, 0.3) is 0 Å². The summed E-state index contributed by atoms with van der Waals surface area (Å²) in [4.78, 5) is 0. The van der Waals surface area contributed by atoms with Crippen LogP contribution in [0.2, 0.25) is 0 Å². The Morgan fingerprint density at radius 2 is 1.23 bits per heavy atom. The lowest BCUT2D eigenvalue weighted by molar-refractivity contribution is -0.997. The molecule has 0 saturated carbocycles. The molecule has 0 aliphatic carbocycles. The lowest BCUT2D eigenvalue weighted by atomic mass is 9.80. The van der Waals surface area contributed by atoms with Gasteiger partial charge in [-0.25, -0.2) is 0 Å². The fourth-order valence-corrected chi connectivity index (χ4v) is 11.8. The van der Waals surface area contributed by atoms with Crippen LogP contribution < -0.4 is 13.9 Å². The first-order valence-corrected chi connectivity index (χ1v) is 25.1. The van der Waals surface area contributed by atoms with Gasteiger partial charge < -0.3 is 4.74 Å². The van der Waals surface area contributed by atoms with E-state index in [0.29, 0.717) is 5.75 Å². The van der Waals surface area contributed by atoms with Crippen LogP contribution in [-0.2, 0) is 11.3 Å². The Hall–Kier alpha value is -7.04. The minimum absolute atomic E-state index is 0.167. The van der Waals surface area contributed by atoms with Gasteiger partial charge in [0.05, 0.1) is 5.56 Å². The van der Waals surface area contributed by atoms with E-state index in [1.165, 1.54) is 22.3 Å². The zero-order valence-corrected chi connectivity index (χ0v) is 42.8. The van der Waals surface area contributed by atoms with Crippen LogP contribution in [0.25, 0.3) is 83.9 Å². The van der Waals surface area contributed by atoms with Crippen molar-refractivity contribution in [1.82, 2.24) is 4.57 Å². The molecule has 7 aromatic carbocycles. The van der Waals surface area contributed by atoms with E-state index in [9.17, 15) is 4.11 Å². The van der Waals surface area contributed by atoms with Gasteiger partial charge in [-0.15, -0.1) is 9.13 Å². The molecule has 348 valence electrons. The smallest absolute Gasteiger partial charge is 0.392 e. The van der Waals surface area contributed by atoms with Gasteiger partial charge in [-0.1, -0.05) is 167 Å². The normalized spacial score (nSPS) is 16.3. The molecule has 9 aromatic rings. The van der Waals surface area contributed by atoms with Gasteiger partial charge in [-0.2, -0.15) is 4.57 Å². The number of hydrogen-bond donors (Lipinski definition) is 0. The molecule has 0 bridgehead atoms. The molecule has 5 heterocycles. The SMILES string of the molecule is [2H]C(C)(C)c1cc2c(c(C([2H])(C)C)c1)OC13c4c(cc(C(C)(C)C)cc4-c4cc(-c5ccc(-c6ccccc6)cc5)cc[n+]41)-c1cccc4c1[n+]3c-2n4-c1ccc(-c2c(C(C)C)cccc2C([2H])(C)C)cc1C. The molecule has 2 aromatic heterocycles. The molecular formula is C66H65N3O+2. The van der Waals surface area contributed by atoms with Crippen LogP contribution in [0.5, 0.6) is 5.75 Å². The molecule has 12 rings (SSSR count). The van der Waals surface area contributed by atoms with Gasteiger partial charge >= 0.3 is 11.7 Å². The molecule has 3 aliphatic rings. The number of imidazole rings is 1. The molecule has 0 saturated heterocycles. The van der Waals surface area contributed by atoms with Crippen molar-refractivity contribution in [3.63, 3.8) is 0 Å².